The van der Waals surface area contributed by atoms with Gasteiger partial charge in [-0.05, 0) is 76.8 Å². The van der Waals surface area contributed by atoms with E-state index in [1.54, 1.807) is 13.0 Å². The summed E-state index contributed by atoms with van der Waals surface area (Å²) in [7, 11) is 2.93. The smallest absolute Gasteiger partial charge is 0.255 e. The molecular weight excluding hydrogens is 674 g/mol. The molecule has 3 aliphatic rings. The van der Waals surface area contributed by atoms with Gasteiger partial charge in [0.2, 0.25) is 5.78 Å². The number of carbonyl (C=O) groups excluding carboxylic acids is 3. The van der Waals surface area contributed by atoms with Crippen LogP contribution in [0.2, 0.25) is 0 Å². The van der Waals surface area contributed by atoms with Crippen molar-refractivity contribution in [2.75, 3.05) is 14.1 Å². The lowest BCUT2D eigenvalue weighted by Gasteiger charge is -2.53. The average Bonchev–Trinajstić information content (AvgIpc) is 2.73. The second-order valence-corrected chi connectivity index (χ2v) is 11.4. The zero-order chi connectivity index (χ0) is 25.6. The first kappa shape index (κ1) is 25.3. The van der Waals surface area contributed by atoms with Gasteiger partial charge in [0, 0.05) is 15.1 Å². The van der Waals surface area contributed by atoms with Gasteiger partial charge >= 0.3 is 0 Å². The fourth-order valence-corrected chi connectivity index (χ4v) is 7.93. The number of halogens is 2. The number of ketones is 2. The van der Waals surface area contributed by atoms with E-state index in [0.29, 0.717) is 12.7 Å². The van der Waals surface area contributed by atoms with Crippen LogP contribution in [0.3, 0.4) is 0 Å². The third-order valence-electron chi connectivity index (χ3n) is 7.13. The summed E-state index contributed by atoms with van der Waals surface area (Å²) in [6.07, 6.45) is -1.60. The van der Waals surface area contributed by atoms with E-state index in [0.717, 1.165) is 0 Å². The number of primary amides is 1. The molecule has 12 heteroatoms. The zero-order valence-electron chi connectivity index (χ0n) is 18.2. The van der Waals surface area contributed by atoms with Crippen LogP contribution >= 0.6 is 45.2 Å². The molecule has 6 atom stereocenters. The molecule has 10 nitrogen and oxygen atoms in total. The van der Waals surface area contributed by atoms with E-state index < -0.39 is 75.6 Å². The minimum atomic E-state index is -2.91. The predicted octanol–water partition coefficient (Wildman–Crippen LogP) is 0.705. The maximum atomic E-state index is 13.8. The van der Waals surface area contributed by atoms with Crippen LogP contribution < -0.4 is 5.73 Å². The molecule has 0 heterocycles. The fraction of sp³-hybridized carbons (Fsp3) is 0.409. The maximum absolute atomic E-state index is 13.8. The van der Waals surface area contributed by atoms with Gasteiger partial charge in [-0.1, -0.05) is 6.92 Å². The Morgan fingerprint density at radius 1 is 1.15 bits per heavy atom. The maximum Gasteiger partial charge on any atom is 0.255 e. The van der Waals surface area contributed by atoms with Gasteiger partial charge in [0.05, 0.1) is 27.2 Å². The number of phenolic OH excluding ortho intramolecular Hbond substituents is 1. The molecule has 1 aromatic rings. The van der Waals surface area contributed by atoms with Crippen LogP contribution in [0.25, 0.3) is 5.76 Å². The Morgan fingerprint density at radius 3 is 2.26 bits per heavy atom. The van der Waals surface area contributed by atoms with E-state index in [2.05, 4.69) is 0 Å². The number of benzene rings is 1. The van der Waals surface area contributed by atoms with Crippen molar-refractivity contribution < 1.29 is 39.9 Å². The number of hydrogen-bond donors (Lipinski definition) is 6. The highest BCUT2D eigenvalue weighted by Crippen LogP contribution is 2.57. The molecular formula is C22H22I2N2O8. The van der Waals surface area contributed by atoms with Gasteiger partial charge in [-0.15, -0.1) is 0 Å². The van der Waals surface area contributed by atoms with Gasteiger partial charge in [-0.3, -0.25) is 19.3 Å². The molecule has 182 valence electrons. The number of aliphatic hydroxyl groups excluding tert-OH is 3. The zero-order valence-corrected chi connectivity index (χ0v) is 22.5. The molecule has 1 fully saturated rings. The van der Waals surface area contributed by atoms with Crippen LogP contribution in [-0.2, 0) is 14.4 Å². The quantitative estimate of drug-likeness (QED) is 0.192. The minimum Gasteiger partial charge on any atom is -0.508 e. The second-order valence-electron chi connectivity index (χ2n) is 9.03. The fourth-order valence-electron chi connectivity index (χ4n) is 5.68. The number of fused-ring (bicyclic) bond motifs is 3. The average molecular weight is 696 g/mol. The normalized spacial score (nSPS) is 33.1. The highest BCUT2D eigenvalue weighted by Gasteiger charge is 2.68. The predicted molar refractivity (Wildman–Crippen MR) is 136 cm³/mol. The number of amides is 1. The molecule has 1 saturated carbocycles. The lowest BCUT2D eigenvalue weighted by molar-refractivity contribution is -0.169. The summed E-state index contributed by atoms with van der Waals surface area (Å²) in [6, 6.07) is 0.321. The summed E-state index contributed by atoms with van der Waals surface area (Å²) in [4.78, 5) is 40.3. The van der Waals surface area contributed by atoms with Crippen LogP contribution in [0.1, 0.15) is 24.0 Å². The van der Waals surface area contributed by atoms with E-state index in [9.17, 15) is 39.9 Å². The number of hydrogen-bond acceptors (Lipinski definition) is 9. The highest BCUT2D eigenvalue weighted by molar-refractivity contribution is 14.1. The molecule has 3 aliphatic carbocycles. The molecule has 0 saturated heterocycles. The van der Waals surface area contributed by atoms with Crippen LogP contribution in [-0.4, -0.2) is 79.7 Å². The van der Waals surface area contributed by atoms with E-state index >= 15 is 0 Å². The Bertz CT molecular complexity index is 1240. The number of carbonyl (C=O) groups is 3. The van der Waals surface area contributed by atoms with Crippen molar-refractivity contribution in [1.82, 2.24) is 4.90 Å². The van der Waals surface area contributed by atoms with Crippen LogP contribution in [0, 0.1) is 19.0 Å². The van der Waals surface area contributed by atoms with Crippen molar-refractivity contribution in [2.24, 2.45) is 17.6 Å². The van der Waals surface area contributed by atoms with Crippen molar-refractivity contribution in [1.29, 1.82) is 0 Å². The Balaban J connectivity index is 2.10. The Hall–Kier alpha value is -1.75. The Labute approximate surface area is 221 Å². The summed E-state index contributed by atoms with van der Waals surface area (Å²) in [5, 5.41) is 55.9. The van der Waals surface area contributed by atoms with E-state index in [1.807, 2.05) is 45.2 Å². The van der Waals surface area contributed by atoms with Gasteiger partial charge < -0.3 is 31.3 Å². The largest absolute Gasteiger partial charge is 0.508 e. The number of aromatic hydroxyl groups is 1. The summed E-state index contributed by atoms with van der Waals surface area (Å²) < 4.78 is 1.09. The van der Waals surface area contributed by atoms with Crippen molar-refractivity contribution in [3.05, 3.63) is 41.2 Å². The molecule has 7 N–H and O–H groups in total. The highest BCUT2D eigenvalue weighted by atomic mass is 127. The molecule has 0 aromatic heterocycles. The molecule has 0 aliphatic heterocycles. The number of nitrogens with two attached hydrogens (primary N) is 1. The Morgan fingerprint density at radius 2 is 1.74 bits per heavy atom. The Kier molecular flexibility index (Phi) is 6.07. The topological polar surface area (TPSA) is 182 Å². The van der Waals surface area contributed by atoms with Gasteiger partial charge in [0.1, 0.15) is 22.8 Å². The number of Topliss-reactive ketones (excluding diaryl/α,β-unsaturated/α-hetero) is 2. The van der Waals surface area contributed by atoms with Crippen LogP contribution in [0.4, 0.5) is 0 Å². The van der Waals surface area contributed by atoms with Crippen LogP contribution in [0.15, 0.2) is 23.0 Å². The monoisotopic (exact) mass is 696 g/mol. The number of aliphatic hydroxyl groups is 4. The third-order valence-corrected chi connectivity index (χ3v) is 8.84. The van der Waals surface area contributed by atoms with E-state index in [-0.39, 0.29) is 11.3 Å². The van der Waals surface area contributed by atoms with Crippen molar-refractivity contribution in [3.8, 4) is 5.75 Å². The molecule has 34 heavy (non-hydrogen) atoms. The first-order valence-electron chi connectivity index (χ1n) is 10.2. The number of rotatable bonds is 2. The molecule has 1 amide bonds. The first-order chi connectivity index (χ1) is 15.7. The molecule has 0 radical (unpaired) electrons. The van der Waals surface area contributed by atoms with Crippen LogP contribution in [0.5, 0.6) is 5.75 Å². The number of phenols is 1. The van der Waals surface area contributed by atoms with Crippen molar-refractivity contribution >= 4 is 68.4 Å². The van der Waals surface area contributed by atoms with E-state index in [1.165, 1.54) is 19.0 Å². The molecule has 0 spiro atoms. The van der Waals surface area contributed by atoms with Gasteiger partial charge in [-0.25, -0.2) is 0 Å². The number of likely N-dealkylation sites (N-methyl/N-ethyl adjacent to an activating group) is 1. The lowest BCUT2D eigenvalue weighted by Crippen LogP contribution is -2.70. The number of nitrogens with zero attached hydrogens (tertiary/aromatic N) is 1. The summed E-state index contributed by atoms with van der Waals surface area (Å²) in [5.41, 5.74) is 1.54. The van der Waals surface area contributed by atoms with Gasteiger partial charge in [-0.2, -0.15) is 0 Å². The summed E-state index contributed by atoms with van der Waals surface area (Å²) >= 11 is 3.90. The van der Waals surface area contributed by atoms with Gasteiger partial charge in [0.15, 0.2) is 11.4 Å². The third kappa shape index (κ3) is 3.04. The lowest BCUT2D eigenvalue weighted by atomic mass is 9.54. The molecule has 4 rings (SSSR count). The van der Waals surface area contributed by atoms with Crippen molar-refractivity contribution in [2.45, 2.75) is 30.6 Å². The first-order valence-corrected chi connectivity index (χ1v) is 12.4. The standard InChI is InChI=1S/C22H22I2N2O8/c1-5-8-6(23)4-7(24)15(27)10(8)16(28)11-9(5)17(29)13-14(26(2)3)18(30)12(21(25)33)20(32)22(13,34)19(11)31/h4-5,9,13-14,17,27-29,32,34H,1-3H3,(H2,25,33)/t5-,9+,13+,14-,17-,22-/m0/s1. The van der Waals surface area contributed by atoms with Crippen molar-refractivity contribution in [3.63, 3.8) is 0 Å². The van der Waals surface area contributed by atoms with Gasteiger partial charge in [0.25, 0.3) is 5.91 Å². The molecule has 0 unspecified atom stereocenters. The molecule has 0 bridgehead atoms. The van der Waals surface area contributed by atoms with E-state index in [4.69, 9.17) is 5.73 Å². The summed E-state index contributed by atoms with van der Waals surface area (Å²) in [5.74, 6) is -8.88. The summed E-state index contributed by atoms with van der Waals surface area (Å²) in [6.45, 7) is 1.70. The molecule has 1 aromatic carbocycles. The SMILES string of the molecule is C[C@H]1c2c(I)cc(I)c(O)c2C(O)=C2C(=O)[C@]3(O)C(O)=C(C(N)=O)C(=O)[C@@H](N(C)C)[C@@H]3[C@@H](O)[C@@H]21. The minimum absolute atomic E-state index is 0.00714. The second kappa shape index (κ2) is 8.15.